The summed E-state index contributed by atoms with van der Waals surface area (Å²) in [5.74, 6) is 0.945. The molecule has 35 heavy (non-hydrogen) atoms. The van der Waals surface area contributed by atoms with Crippen molar-refractivity contribution in [2.45, 2.75) is 31.5 Å². The van der Waals surface area contributed by atoms with Crippen LogP contribution in [-0.4, -0.2) is 66.1 Å². The highest BCUT2D eigenvalue weighted by Crippen LogP contribution is 2.41. The Kier molecular flexibility index (Phi) is 6.30. The van der Waals surface area contributed by atoms with Crippen LogP contribution in [0.4, 0.5) is 22.0 Å². The first-order chi connectivity index (χ1) is 16.9. The van der Waals surface area contributed by atoms with Gasteiger partial charge in [0.05, 0.1) is 37.6 Å². The van der Waals surface area contributed by atoms with Gasteiger partial charge in [-0.2, -0.15) is 4.98 Å². The zero-order valence-corrected chi connectivity index (χ0v) is 20.2. The average molecular weight is 500 g/mol. The van der Waals surface area contributed by atoms with Gasteiger partial charge in [0.1, 0.15) is 18.0 Å². The Bertz CT molecular complexity index is 1150. The Hall–Kier alpha value is -3.29. The molecule has 10 nitrogen and oxygen atoms in total. The number of fused-ring (bicyclic) bond motifs is 2. The van der Waals surface area contributed by atoms with Crippen molar-refractivity contribution < 1.29 is 23.7 Å². The SMILES string of the molecule is [C-]#[N+]c1ccc(Nc2ncnc(OC3C4COCC3CN(C(=O)OC3(C)CC3)C4)c2OC)c(Cl)c1. The van der Waals surface area contributed by atoms with Gasteiger partial charge in [0.25, 0.3) is 5.88 Å². The highest BCUT2D eigenvalue weighted by atomic mass is 35.5. The zero-order chi connectivity index (χ0) is 24.6. The second kappa shape index (κ2) is 9.40. The molecule has 1 N–H and O–H groups in total. The topological polar surface area (TPSA) is 99.4 Å². The number of likely N-dealkylation sites (tertiary alicyclic amines) is 1. The second-order valence-electron chi connectivity index (χ2n) is 9.32. The number of hydrogen-bond acceptors (Lipinski definition) is 8. The lowest BCUT2D eigenvalue weighted by Crippen LogP contribution is -2.59. The Labute approximate surface area is 208 Å². The van der Waals surface area contributed by atoms with Crippen LogP contribution in [-0.2, 0) is 9.47 Å². The molecule has 5 rings (SSSR count). The molecule has 2 unspecified atom stereocenters. The van der Waals surface area contributed by atoms with Crippen molar-refractivity contribution in [2.24, 2.45) is 11.8 Å². The average Bonchev–Trinajstić information content (AvgIpc) is 3.56. The van der Waals surface area contributed by atoms with Gasteiger partial charge in [-0.3, -0.25) is 0 Å². The van der Waals surface area contributed by atoms with E-state index in [9.17, 15) is 4.79 Å². The Morgan fingerprint density at radius 2 is 2.03 bits per heavy atom. The summed E-state index contributed by atoms with van der Waals surface area (Å²) < 4.78 is 23.4. The fourth-order valence-electron chi connectivity index (χ4n) is 4.44. The third kappa shape index (κ3) is 4.92. The van der Waals surface area contributed by atoms with Crippen LogP contribution in [0.25, 0.3) is 4.85 Å². The summed E-state index contributed by atoms with van der Waals surface area (Å²) in [6.07, 6.45) is 2.73. The van der Waals surface area contributed by atoms with Crippen LogP contribution in [0.2, 0.25) is 5.02 Å². The molecule has 2 atom stereocenters. The van der Waals surface area contributed by atoms with E-state index in [-0.39, 0.29) is 29.6 Å². The van der Waals surface area contributed by atoms with E-state index >= 15 is 0 Å². The number of hydrogen-bond donors (Lipinski definition) is 1. The number of ether oxygens (including phenoxy) is 4. The van der Waals surface area contributed by atoms with Crippen LogP contribution in [0.15, 0.2) is 24.5 Å². The lowest BCUT2D eigenvalue weighted by Gasteiger charge is -2.46. The maximum atomic E-state index is 12.7. The Morgan fingerprint density at radius 1 is 1.29 bits per heavy atom. The minimum Gasteiger partial charge on any atom is -0.489 e. The van der Waals surface area contributed by atoms with Gasteiger partial charge in [0.2, 0.25) is 5.75 Å². The van der Waals surface area contributed by atoms with Gasteiger partial charge in [-0.1, -0.05) is 17.7 Å². The predicted octanol–water partition coefficient (Wildman–Crippen LogP) is 4.45. The maximum Gasteiger partial charge on any atom is 0.410 e. The number of piperidine rings is 1. The number of nitrogens with one attached hydrogen (secondary N) is 1. The highest BCUT2D eigenvalue weighted by molar-refractivity contribution is 6.33. The number of nitrogens with zero attached hydrogens (tertiary/aromatic N) is 4. The lowest BCUT2D eigenvalue weighted by molar-refractivity contribution is -0.112. The normalized spacial score (nSPS) is 24.2. The monoisotopic (exact) mass is 499 g/mol. The number of anilines is 2. The van der Waals surface area contributed by atoms with Crippen LogP contribution in [0.1, 0.15) is 19.8 Å². The summed E-state index contributed by atoms with van der Waals surface area (Å²) >= 11 is 6.32. The smallest absolute Gasteiger partial charge is 0.410 e. The van der Waals surface area contributed by atoms with Gasteiger partial charge in [-0.05, 0) is 31.9 Å². The molecule has 3 aliphatic rings. The van der Waals surface area contributed by atoms with Gasteiger partial charge in [-0.25, -0.2) is 14.6 Å². The molecule has 1 aromatic heterocycles. The fourth-order valence-corrected chi connectivity index (χ4v) is 4.66. The van der Waals surface area contributed by atoms with E-state index in [1.165, 1.54) is 13.4 Å². The molecule has 11 heteroatoms. The first kappa shape index (κ1) is 23.5. The number of methoxy groups -OCH3 is 1. The van der Waals surface area contributed by atoms with E-state index in [0.717, 1.165) is 12.8 Å². The van der Waals surface area contributed by atoms with Crippen LogP contribution < -0.4 is 14.8 Å². The Balaban J connectivity index is 1.33. The molecular weight excluding hydrogens is 474 g/mol. The number of carbonyl (C=O) groups is 1. The molecule has 1 saturated carbocycles. The molecule has 3 heterocycles. The number of amides is 1. The van der Waals surface area contributed by atoms with Crippen molar-refractivity contribution >= 4 is 34.9 Å². The summed E-state index contributed by atoms with van der Waals surface area (Å²) in [5.41, 5.74) is 0.699. The van der Waals surface area contributed by atoms with Crippen molar-refractivity contribution in [2.75, 3.05) is 38.7 Å². The van der Waals surface area contributed by atoms with E-state index in [0.29, 0.717) is 60.1 Å². The van der Waals surface area contributed by atoms with Gasteiger partial charge in [-0.15, -0.1) is 0 Å². The number of aromatic nitrogens is 2. The third-order valence-electron chi connectivity index (χ3n) is 6.61. The van der Waals surface area contributed by atoms with Gasteiger partial charge < -0.3 is 29.2 Å². The number of rotatable bonds is 6. The van der Waals surface area contributed by atoms with Crippen LogP contribution in [0, 0.1) is 18.4 Å². The summed E-state index contributed by atoms with van der Waals surface area (Å²) in [5, 5.41) is 3.52. The Morgan fingerprint density at radius 3 is 2.66 bits per heavy atom. The van der Waals surface area contributed by atoms with Crippen LogP contribution in [0.3, 0.4) is 0 Å². The first-order valence-corrected chi connectivity index (χ1v) is 11.8. The van der Waals surface area contributed by atoms with Crippen molar-refractivity contribution in [1.82, 2.24) is 14.9 Å². The quantitative estimate of drug-likeness (QED) is 0.582. The lowest BCUT2D eigenvalue weighted by atomic mass is 9.84. The molecule has 2 saturated heterocycles. The van der Waals surface area contributed by atoms with Crippen LogP contribution >= 0.6 is 11.6 Å². The maximum absolute atomic E-state index is 12.7. The molecule has 1 aromatic carbocycles. The van der Waals surface area contributed by atoms with E-state index in [1.54, 1.807) is 23.1 Å². The molecule has 0 radical (unpaired) electrons. The fraction of sp³-hybridized carbons (Fsp3) is 0.500. The van der Waals surface area contributed by atoms with Crippen molar-refractivity contribution in [3.05, 3.63) is 41.0 Å². The molecule has 2 bridgehead atoms. The summed E-state index contributed by atoms with van der Waals surface area (Å²) in [4.78, 5) is 26.4. The van der Waals surface area contributed by atoms with E-state index in [4.69, 9.17) is 37.1 Å². The third-order valence-corrected chi connectivity index (χ3v) is 6.92. The molecule has 184 valence electrons. The largest absolute Gasteiger partial charge is 0.489 e. The van der Waals surface area contributed by atoms with Crippen LogP contribution in [0.5, 0.6) is 11.6 Å². The highest BCUT2D eigenvalue weighted by Gasteiger charge is 2.47. The summed E-state index contributed by atoms with van der Waals surface area (Å²) in [7, 11) is 1.52. The molecule has 1 amide bonds. The molecular formula is C24H26ClN5O5. The van der Waals surface area contributed by atoms with E-state index in [2.05, 4.69) is 20.1 Å². The summed E-state index contributed by atoms with van der Waals surface area (Å²) in [6, 6.07) is 4.94. The first-order valence-electron chi connectivity index (χ1n) is 11.4. The molecule has 1 aliphatic carbocycles. The predicted molar refractivity (Wildman–Crippen MR) is 127 cm³/mol. The van der Waals surface area contributed by atoms with E-state index in [1.807, 2.05) is 6.92 Å². The second-order valence-corrected chi connectivity index (χ2v) is 9.73. The molecule has 0 spiro atoms. The van der Waals surface area contributed by atoms with Crippen molar-refractivity contribution in [3.8, 4) is 11.6 Å². The zero-order valence-electron chi connectivity index (χ0n) is 19.5. The van der Waals surface area contributed by atoms with Crippen molar-refractivity contribution in [1.29, 1.82) is 0 Å². The van der Waals surface area contributed by atoms with Gasteiger partial charge in [0.15, 0.2) is 11.5 Å². The molecule has 2 aliphatic heterocycles. The minimum absolute atomic E-state index is 0.0336. The van der Waals surface area contributed by atoms with Gasteiger partial charge >= 0.3 is 6.09 Å². The number of carbonyl (C=O) groups excluding carboxylic acids is 1. The van der Waals surface area contributed by atoms with E-state index < -0.39 is 0 Å². The molecule has 3 fully saturated rings. The van der Waals surface area contributed by atoms with Gasteiger partial charge in [0, 0.05) is 24.9 Å². The minimum atomic E-state index is -0.313. The molecule has 2 aromatic rings. The number of benzene rings is 1. The standard InChI is InChI=1S/C24H26ClN5O5/c1-24(6-7-24)35-23(31)30-9-14-11-33-12-15(10-30)19(14)34-22-20(32-3)21(27-13-28-22)29-18-5-4-16(26-2)8-17(18)25/h4-5,8,13-15,19H,6-7,9-12H2,1,3H3,(H,27,28,29). The summed E-state index contributed by atoms with van der Waals surface area (Å²) in [6.45, 7) is 11.0. The number of halogens is 1. The van der Waals surface area contributed by atoms with Crippen molar-refractivity contribution in [3.63, 3.8) is 0 Å².